The van der Waals surface area contributed by atoms with Gasteiger partial charge < -0.3 is 15.7 Å². The summed E-state index contributed by atoms with van der Waals surface area (Å²) in [6.07, 6.45) is 1.41. The van der Waals surface area contributed by atoms with Gasteiger partial charge in [0.15, 0.2) is 0 Å². The van der Waals surface area contributed by atoms with Gasteiger partial charge in [-0.3, -0.25) is 4.79 Å². The predicted molar refractivity (Wildman–Crippen MR) is 68.0 cm³/mol. The highest BCUT2D eigenvalue weighted by atomic mass is 35.5. The van der Waals surface area contributed by atoms with Gasteiger partial charge in [-0.2, -0.15) is 0 Å². The molecule has 5 nitrogen and oxygen atoms in total. The molecule has 18 heavy (non-hydrogen) atoms. The van der Waals surface area contributed by atoms with Crippen LogP contribution in [-0.4, -0.2) is 29.6 Å². The Morgan fingerprint density at radius 1 is 1.44 bits per heavy atom. The maximum atomic E-state index is 11.4. The van der Waals surface area contributed by atoms with E-state index in [4.69, 9.17) is 17.3 Å². The Kier molecular flexibility index (Phi) is 3.43. The number of benzene rings is 1. The summed E-state index contributed by atoms with van der Waals surface area (Å²) >= 11 is 6.07. The molecule has 1 heterocycles. The second-order valence-corrected chi connectivity index (χ2v) is 4.60. The highest BCUT2D eigenvalue weighted by molar-refractivity contribution is 6.34. The summed E-state index contributed by atoms with van der Waals surface area (Å²) in [5.74, 6) is -1.52. The fourth-order valence-corrected chi connectivity index (χ4v) is 2.59. The largest absolute Gasteiger partial charge is 0.478 e. The first-order valence-electron chi connectivity index (χ1n) is 5.60. The Morgan fingerprint density at radius 2 is 2.17 bits per heavy atom. The molecular formula is C12H13ClN2O3. The Balaban J connectivity index is 2.50. The van der Waals surface area contributed by atoms with Gasteiger partial charge in [0.25, 0.3) is 0 Å². The van der Waals surface area contributed by atoms with Gasteiger partial charge in [0.2, 0.25) is 5.91 Å². The predicted octanol–water partition coefficient (Wildman–Crippen LogP) is 1.49. The summed E-state index contributed by atoms with van der Waals surface area (Å²) in [6.45, 7) is 0.581. The molecule has 6 heteroatoms. The third-order valence-electron chi connectivity index (χ3n) is 3.09. The average molecular weight is 269 g/mol. The number of primary amides is 1. The molecule has 96 valence electrons. The van der Waals surface area contributed by atoms with Crippen LogP contribution in [0.2, 0.25) is 5.02 Å². The number of carboxylic acids is 1. The van der Waals surface area contributed by atoms with E-state index < -0.39 is 17.9 Å². The lowest BCUT2D eigenvalue weighted by molar-refractivity contribution is -0.119. The van der Waals surface area contributed by atoms with Crippen molar-refractivity contribution in [2.24, 2.45) is 5.73 Å². The number of halogens is 1. The molecule has 2 rings (SSSR count). The lowest BCUT2D eigenvalue weighted by atomic mass is 10.1. The molecule has 1 fully saturated rings. The second-order valence-electron chi connectivity index (χ2n) is 4.19. The number of hydrogen-bond acceptors (Lipinski definition) is 3. The van der Waals surface area contributed by atoms with Gasteiger partial charge in [-0.05, 0) is 25.0 Å². The van der Waals surface area contributed by atoms with E-state index in [1.807, 2.05) is 0 Å². The van der Waals surface area contributed by atoms with Crippen molar-refractivity contribution in [1.82, 2.24) is 0 Å². The van der Waals surface area contributed by atoms with Crippen LogP contribution >= 0.6 is 11.6 Å². The molecule has 1 atom stereocenters. The van der Waals surface area contributed by atoms with Crippen molar-refractivity contribution in [3.63, 3.8) is 0 Å². The number of carbonyl (C=O) groups excluding carboxylic acids is 1. The van der Waals surface area contributed by atoms with Crippen molar-refractivity contribution in [3.8, 4) is 0 Å². The average Bonchev–Trinajstić information content (AvgIpc) is 2.77. The number of nitrogens with zero attached hydrogens (tertiary/aromatic N) is 1. The molecule has 0 spiro atoms. The van der Waals surface area contributed by atoms with Gasteiger partial charge in [-0.1, -0.05) is 17.7 Å². The fourth-order valence-electron chi connectivity index (χ4n) is 2.31. The maximum Gasteiger partial charge on any atom is 0.337 e. The van der Waals surface area contributed by atoms with Crippen LogP contribution in [-0.2, 0) is 4.79 Å². The van der Waals surface area contributed by atoms with Gasteiger partial charge in [0.05, 0.1) is 16.3 Å². The molecule has 1 aromatic rings. The van der Waals surface area contributed by atoms with Gasteiger partial charge in [-0.25, -0.2) is 4.79 Å². The minimum atomic E-state index is -1.07. The molecule has 0 aromatic heterocycles. The molecule has 0 saturated carbocycles. The van der Waals surface area contributed by atoms with Crippen LogP contribution in [0.1, 0.15) is 23.2 Å². The Bertz CT molecular complexity index is 504. The van der Waals surface area contributed by atoms with E-state index in [1.54, 1.807) is 17.0 Å². The van der Waals surface area contributed by atoms with E-state index >= 15 is 0 Å². The third kappa shape index (κ3) is 2.13. The second kappa shape index (κ2) is 4.86. The monoisotopic (exact) mass is 268 g/mol. The Labute approximate surface area is 109 Å². The highest BCUT2D eigenvalue weighted by Gasteiger charge is 2.32. The van der Waals surface area contributed by atoms with E-state index in [2.05, 4.69) is 0 Å². The van der Waals surface area contributed by atoms with Crippen LogP contribution in [0.3, 0.4) is 0 Å². The van der Waals surface area contributed by atoms with Crippen molar-refractivity contribution in [2.45, 2.75) is 18.9 Å². The standard InChI is InChI=1S/C12H13ClN2O3/c13-8-4-1-3-7(12(17)18)10(8)15-6-2-5-9(15)11(14)16/h1,3-4,9H,2,5-6H2,(H2,14,16)(H,17,18). The number of anilines is 1. The normalized spacial score (nSPS) is 18.9. The van der Waals surface area contributed by atoms with Crippen molar-refractivity contribution >= 4 is 29.2 Å². The van der Waals surface area contributed by atoms with Crippen molar-refractivity contribution in [2.75, 3.05) is 11.4 Å². The summed E-state index contributed by atoms with van der Waals surface area (Å²) in [4.78, 5) is 24.3. The highest BCUT2D eigenvalue weighted by Crippen LogP contribution is 2.35. The molecule has 1 unspecified atom stereocenters. The Morgan fingerprint density at radius 3 is 2.78 bits per heavy atom. The molecule has 0 radical (unpaired) electrons. The molecule has 1 aromatic carbocycles. The molecule has 1 amide bonds. The maximum absolute atomic E-state index is 11.4. The van der Waals surface area contributed by atoms with Gasteiger partial charge >= 0.3 is 5.97 Å². The van der Waals surface area contributed by atoms with Crippen molar-refractivity contribution in [3.05, 3.63) is 28.8 Å². The van der Waals surface area contributed by atoms with E-state index in [0.717, 1.165) is 6.42 Å². The SMILES string of the molecule is NC(=O)C1CCCN1c1c(Cl)cccc1C(=O)O. The van der Waals surface area contributed by atoms with Gasteiger partial charge in [0.1, 0.15) is 6.04 Å². The number of rotatable bonds is 3. The summed E-state index contributed by atoms with van der Waals surface area (Å²) in [5, 5.41) is 9.50. The molecule has 0 aliphatic carbocycles. The molecule has 3 N–H and O–H groups in total. The van der Waals surface area contributed by atoms with E-state index in [9.17, 15) is 14.7 Å². The number of nitrogens with two attached hydrogens (primary N) is 1. The first-order valence-corrected chi connectivity index (χ1v) is 5.98. The van der Waals surface area contributed by atoms with E-state index in [0.29, 0.717) is 23.7 Å². The zero-order valence-electron chi connectivity index (χ0n) is 9.60. The zero-order chi connectivity index (χ0) is 13.3. The molecule has 1 aliphatic rings. The Hall–Kier alpha value is -1.75. The number of aromatic carboxylic acids is 1. The van der Waals surface area contributed by atoms with Crippen LogP contribution in [0.25, 0.3) is 0 Å². The zero-order valence-corrected chi connectivity index (χ0v) is 10.4. The van der Waals surface area contributed by atoms with Crippen molar-refractivity contribution in [1.29, 1.82) is 0 Å². The van der Waals surface area contributed by atoms with Crippen LogP contribution in [0.5, 0.6) is 0 Å². The van der Waals surface area contributed by atoms with E-state index in [-0.39, 0.29) is 5.56 Å². The van der Waals surface area contributed by atoms with Crippen molar-refractivity contribution < 1.29 is 14.7 Å². The van der Waals surface area contributed by atoms with E-state index in [1.165, 1.54) is 6.07 Å². The summed E-state index contributed by atoms with van der Waals surface area (Å²) in [5.41, 5.74) is 5.81. The minimum Gasteiger partial charge on any atom is -0.478 e. The molecule has 1 aliphatic heterocycles. The van der Waals surface area contributed by atoms with Gasteiger partial charge in [-0.15, -0.1) is 0 Å². The number of carboxylic acid groups (broad SMARTS) is 1. The van der Waals surface area contributed by atoms with Crippen LogP contribution in [0, 0.1) is 0 Å². The summed E-state index contributed by atoms with van der Waals surface area (Å²) in [7, 11) is 0. The quantitative estimate of drug-likeness (QED) is 0.870. The lowest BCUT2D eigenvalue weighted by Crippen LogP contribution is -2.41. The third-order valence-corrected chi connectivity index (χ3v) is 3.39. The number of amides is 1. The van der Waals surface area contributed by atoms with Crippen LogP contribution in [0.15, 0.2) is 18.2 Å². The number of carbonyl (C=O) groups is 2. The minimum absolute atomic E-state index is 0.0932. The number of para-hydroxylation sites is 1. The lowest BCUT2D eigenvalue weighted by Gasteiger charge is -2.26. The summed E-state index contributed by atoms with van der Waals surface area (Å²) < 4.78 is 0. The molecule has 1 saturated heterocycles. The van der Waals surface area contributed by atoms with Crippen LogP contribution < -0.4 is 10.6 Å². The molecular weight excluding hydrogens is 256 g/mol. The van der Waals surface area contributed by atoms with Crippen LogP contribution in [0.4, 0.5) is 5.69 Å². The first kappa shape index (κ1) is 12.7. The first-order chi connectivity index (χ1) is 8.52. The topological polar surface area (TPSA) is 83.6 Å². The summed E-state index contributed by atoms with van der Waals surface area (Å²) in [6, 6.07) is 4.17. The fraction of sp³-hybridized carbons (Fsp3) is 0.333. The number of hydrogen-bond donors (Lipinski definition) is 2. The van der Waals surface area contributed by atoms with Gasteiger partial charge in [0, 0.05) is 6.54 Å². The smallest absolute Gasteiger partial charge is 0.337 e. The molecule has 0 bridgehead atoms.